The van der Waals surface area contributed by atoms with Gasteiger partial charge in [0.15, 0.2) is 0 Å². The van der Waals surface area contributed by atoms with Crippen LogP contribution in [-0.4, -0.2) is 12.1 Å². The Morgan fingerprint density at radius 3 is 3.10 bits per heavy atom. The maximum atomic E-state index is 5.84. The molecule has 2 unspecified atom stereocenters. The van der Waals surface area contributed by atoms with Crippen LogP contribution in [0.4, 0.5) is 0 Å². The van der Waals surface area contributed by atoms with Crippen LogP contribution in [0.3, 0.4) is 0 Å². The monoisotopic (exact) mass is 138 g/mol. The van der Waals surface area contributed by atoms with Gasteiger partial charge in [0.25, 0.3) is 0 Å². The van der Waals surface area contributed by atoms with E-state index in [1.807, 2.05) is 0 Å². The largest absolute Gasteiger partial charge is 0.402 e. The van der Waals surface area contributed by atoms with Gasteiger partial charge in [-0.05, 0) is 25.3 Å². The molecule has 0 aromatic carbocycles. The molecule has 2 heterocycles. The molecule has 0 aromatic rings. The van der Waals surface area contributed by atoms with Gasteiger partial charge in [-0.15, -0.1) is 0 Å². The average molecular weight is 138 g/mol. The van der Waals surface area contributed by atoms with Crippen LogP contribution in [0.5, 0.6) is 0 Å². The molecule has 56 valence electrons. The zero-order valence-corrected chi connectivity index (χ0v) is 6.35. The Hall–Kier alpha value is -0.500. The maximum Gasteiger partial charge on any atom is 0.0299 e. The molecule has 2 aliphatic heterocycles. The Labute approximate surface area is 61.5 Å². The molecule has 0 spiro atoms. The van der Waals surface area contributed by atoms with Crippen molar-refractivity contribution < 1.29 is 0 Å². The second kappa shape index (κ2) is 1.99. The molecule has 2 aliphatic rings. The van der Waals surface area contributed by atoms with E-state index in [1.54, 1.807) is 0 Å². The van der Waals surface area contributed by atoms with Crippen molar-refractivity contribution in [1.29, 1.82) is 0 Å². The van der Waals surface area contributed by atoms with Crippen LogP contribution in [0.25, 0.3) is 0 Å². The van der Waals surface area contributed by atoms with Crippen molar-refractivity contribution >= 4 is 0 Å². The van der Waals surface area contributed by atoms with Crippen LogP contribution in [0.2, 0.25) is 0 Å². The van der Waals surface area contributed by atoms with Gasteiger partial charge in [-0.1, -0.05) is 0 Å². The number of hydrogen-bond donors (Lipinski definition) is 2. The second-order valence-electron chi connectivity index (χ2n) is 3.41. The number of hydrogen-bond acceptors (Lipinski definition) is 2. The molecule has 3 N–H and O–H groups in total. The van der Waals surface area contributed by atoms with Crippen molar-refractivity contribution in [2.24, 2.45) is 5.73 Å². The van der Waals surface area contributed by atoms with Crippen molar-refractivity contribution in [3.63, 3.8) is 0 Å². The highest BCUT2D eigenvalue weighted by Crippen LogP contribution is 2.28. The van der Waals surface area contributed by atoms with E-state index in [-0.39, 0.29) is 0 Å². The fourth-order valence-corrected chi connectivity index (χ4v) is 1.97. The Morgan fingerprint density at radius 2 is 2.30 bits per heavy atom. The second-order valence-corrected chi connectivity index (χ2v) is 3.41. The standard InChI is InChI=1S/C8H14N2/c1-5-7(9)4-6-2-3-8(5)10-6/h6,8,10H,2-4,9H2,1H3. The first-order chi connectivity index (χ1) is 4.77. The highest BCUT2D eigenvalue weighted by atomic mass is 15.0. The van der Waals surface area contributed by atoms with Crippen LogP contribution >= 0.6 is 0 Å². The number of nitrogens with two attached hydrogens (primary N) is 1. The van der Waals surface area contributed by atoms with Crippen molar-refractivity contribution in [3.8, 4) is 0 Å². The van der Waals surface area contributed by atoms with Crippen molar-refractivity contribution in [1.82, 2.24) is 5.32 Å². The molecule has 10 heavy (non-hydrogen) atoms. The number of nitrogens with one attached hydrogen (secondary N) is 1. The van der Waals surface area contributed by atoms with Gasteiger partial charge in [0, 0.05) is 24.2 Å². The minimum atomic E-state index is 0.610. The minimum absolute atomic E-state index is 0.610. The predicted molar refractivity (Wildman–Crippen MR) is 41.5 cm³/mol. The molecule has 2 heteroatoms. The predicted octanol–water partition coefficient (Wildman–Crippen LogP) is 0.743. The molecule has 1 saturated heterocycles. The van der Waals surface area contributed by atoms with E-state index >= 15 is 0 Å². The summed E-state index contributed by atoms with van der Waals surface area (Å²) in [5.41, 5.74) is 8.35. The Morgan fingerprint density at radius 1 is 1.50 bits per heavy atom. The van der Waals surface area contributed by atoms with Crippen LogP contribution in [0.15, 0.2) is 11.3 Å². The normalized spacial score (nSPS) is 38.9. The first-order valence-corrected chi connectivity index (χ1v) is 3.98. The summed E-state index contributed by atoms with van der Waals surface area (Å²) in [4.78, 5) is 0. The minimum Gasteiger partial charge on any atom is -0.402 e. The quantitative estimate of drug-likeness (QED) is 0.518. The molecule has 1 fully saturated rings. The maximum absolute atomic E-state index is 5.84. The van der Waals surface area contributed by atoms with Crippen molar-refractivity contribution in [3.05, 3.63) is 11.3 Å². The SMILES string of the molecule is CC1=C(N)CC2CCC1N2. The van der Waals surface area contributed by atoms with E-state index < -0.39 is 0 Å². The lowest BCUT2D eigenvalue weighted by molar-refractivity contribution is 0.528. The van der Waals surface area contributed by atoms with E-state index in [2.05, 4.69) is 12.2 Å². The third-order valence-electron chi connectivity index (χ3n) is 2.74. The number of rotatable bonds is 0. The Balaban J connectivity index is 2.28. The zero-order valence-electron chi connectivity index (χ0n) is 6.35. The highest BCUT2D eigenvalue weighted by Gasteiger charge is 2.30. The molecular formula is C8H14N2. The summed E-state index contributed by atoms with van der Waals surface area (Å²) in [5.74, 6) is 0. The highest BCUT2D eigenvalue weighted by molar-refractivity contribution is 5.23. The van der Waals surface area contributed by atoms with Crippen LogP contribution in [0.1, 0.15) is 26.2 Å². The Bertz CT molecular complexity index is 184. The van der Waals surface area contributed by atoms with Crippen molar-refractivity contribution in [2.45, 2.75) is 38.3 Å². The first-order valence-electron chi connectivity index (χ1n) is 3.98. The van der Waals surface area contributed by atoms with Gasteiger partial charge in [-0.25, -0.2) is 0 Å². The molecule has 0 radical (unpaired) electrons. The summed E-state index contributed by atoms with van der Waals surface area (Å²) in [6.07, 6.45) is 3.67. The lowest BCUT2D eigenvalue weighted by atomic mass is 10.0. The van der Waals surface area contributed by atoms with Gasteiger partial charge in [-0.2, -0.15) is 0 Å². The molecule has 0 saturated carbocycles. The van der Waals surface area contributed by atoms with Gasteiger partial charge < -0.3 is 11.1 Å². The van der Waals surface area contributed by atoms with Crippen LogP contribution < -0.4 is 11.1 Å². The molecule has 2 nitrogen and oxygen atoms in total. The van der Waals surface area contributed by atoms with Gasteiger partial charge in [0.1, 0.15) is 0 Å². The van der Waals surface area contributed by atoms with E-state index in [0.717, 1.165) is 12.1 Å². The zero-order chi connectivity index (χ0) is 7.14. The van der Waals surface area contributed by atoms with E-state index in [4.69, 9.17) is 5.73 Å². The first kappa shape index (κ1) is 6.23. The van der Waals surface area contributed by atoms with Crippen molar-refractivity contribution in [2.75, 3.05) is 0 Å². The molecule has 0 aromatic heterocycles. The van der Waals surface area contributed by atoms with Gasteiger partial charge in [-0.3, -0.25) is 0 Å². The topological polar surface area (TPSA) is 38.0 Å². The van der Waals surface area contributed by atoms with Gasteiger partial charge >= 0.3 is 0 Å². The average Bonchev–Trinajstić information content (AvgIpc) is 2.29. The summed E-state index contributed by atoms with van der Waals surface area (Å²) >= 11 is 0. The molecule has 2 bridgehead atoms. The summed E-state index contributed by atoms with van der Waals surface area (Å²) in [6, 6.07) is 1.30. The number of fused-ring (bicyclic) bond motifs is 2. The molecular weight excluding hydrogens is 124 g/mol. The summed E-state index contributed by atoms with van der Waals surface area (Å²) in [6.45, 7) is 2.15. The van der Waals surface area contributed by atoms with Gasteiger partial charge in [0.05, 0.1) is 0 Å². The fourth-order valence-electron chi connectivity index (χ4n) is 1.97. The van der Waals surface area contributed by atoms with Gasteiger partial charge in [0.2, 0.25) is 0 Å². The van der Waals surface area contributed by atoms with E-state index in [0.29, 0.717) is 12.1 Å². The van der Waals surface area contributed by atoms with Crippen LogP contribution in [-0.2, 0) is 0 Å². The summed E-state index contributed by atoms with van der Waals surface area (Å²) in [7, 11) is 0. The molecule has 2 atom stereocenters. The third-order valence-corrected chi connectivity index (χ3v) is 2.74. The summed E-state index contributed by atoms with van der Waals surface area (Å²) in [5, 5.41) is 3.53. The third kappa shape index (κ3) is 0.754. The molecule has 2 rings (SSSR count). The molecule has 0 amide bonds. The Kier molecular flexibility index (Phi) is 1.24. The van der Waals surface area contributed by atoms with E-state index in [1.165, 1.54) is 18.4 Å². The smallest absolute Gasteiger partial charge is 0.0299 e. The van der Waals surface area contributed by atoms with E-state index in [9.17, 15) is 0 Å². The summed E-state index contributed by atoms with van der Waals surface area (Å²) < 4.78 is 0. The molecule has 0 aliphatic carbocycles. The van der Waals surface area contributed by atoms with Crippen LogP contribution in [0, 0.1) is 0 Å². The lowest BCUT2D eigenvalue weighted by Gasteiger charge is -2.23. The fraction of sp³-hybridized carbons (Fsp3) is 0.750. The lowest BCUT2D eigenvalue weighted by Crippen LogP contribution is -2.36.